The van der Waals surface area contributed by atoms with Gasteiger partial charge in [-0.2, -0.15) is 4.31 Å². The third kappa shape index (κ3) is 3.69. The maximum atomic E-state index is 12.7. The van der Waals surface area contributed by atoms with E-state index in [2.05, 4.69) is 0 Å². The number of nitrogens with two attached hydrogens (primary N) is 1. The Balaban J connectivity index is 2.35. The van der Waals surface area contributed by atoms with Crippen molar-refractivity contribution >= 4 is 15.9 Å². The topological polar surface area (TPSA) is 98.9 Å². The first-order chi connectivity index (χ1) is 10.3. The van der Waals surface area contributed by atoms with Crippen LogP contribution < -0.4 is 15.2 Å². The Bertz CT molecular complexity index is 657. The molecule has 0 unspecified atom stereocenters. The molecular weight excluding hydrogens is 308 g/mol. The van der Waals surface area contributed by atoms with Gasteiger partial charge in [0.25, 0.3) is 0 Å². The predicted molar refractivity (Wildman–Crippen MR) is 80.2 cm³/mol. The molecule has 1 heterocycles. The van der Waals surface area contributed by atoms with E-state index in [-0.39, 0.29) is 23.9 Å². The summed E-state index contributed by atoms with van der Waals surface area (Å²) in [6.07, 6.45) is 0. The van der Waals surface area contributed by atoms with E-state index in [1.807, 2.05) is 13.8 Å². The van der Waals surface area contributed by atoms with Crippen LogP contribution in [0.25, 0.3) is 0 Å². The zero-order valence-corrected chi connectivity index (χ0v) is 13.4. The molecular formula is C14H20N2O5S. The maximum Gasteiger partial charge on any atom is 0.243 e. The Morgan fingerprint density at radius 3 is 2.50 bits per heavy atom. The Morgan fingerprint density at radius 2 is 1.91 bits per heavy atom. The van der Waals surface area contributed by atoms with E-state index in [0.29, 0.717) is 24.7 Å². The number of fused-ring (bicyclic) bond motifs is 1. The average molecular weight is 328 g/mol. The summed E-state index contributed by atoms with van der Waals surface area (Å²) in [7, 11) is -3.83. The predicted octanol–water partition coefficient (Wildman–Crippen LogP) is 0.590. The minimum absolute atomic E-state index is 0.0543. The number of rotatable bonds is 6. The molecule has 0 saturated carbocycles. The summed E-state index contributed by atoms with van der Waals surface area (Å²) in [6.45, 7) is 4.39. The van der Waals surface area contributed by atoms with Crippen molar-refractivity contribution < 1.29 is 22.7 Å². The van der Waals surface area contributed by atoms with Gasteiger partial charge in [0, 0.05) is 12.6 Å². The van der Waals surface area contributed by atoms with Gasteiger partial charge in [0.2, 0.25) is 15.9 Å². The molecule has 0 bridgehead atoms. The van der Waals surface area contributed by atoms with Gasteiger partial charge in [-0.15, -0.1) is 0 Å². The Kier molecular flexibility index (Phi) is 4.92. The number of primary amides is 1. The lowest BCUT2D eigenvalue weighted by Gasteiger charge is -2.24. The fourth-order valence-corrected chi connectivity index (χ4v) is 3.75. The minimum atomic E-state index is -3.83. The minimum Gasteiger partial charge on any atom is -0.486 e. The summed E-state index contributed by atoms with van der Waals surface area (Å²) in [4.78, 5) is 11.2. The van der Waals surface area contributed by atoms with Crippen LogP contribution in [0.5, 0.6) is 11.5 Å². The highest BCUT2D eigenvalue weighted by atomic mass is 32.2. The first-order valence-electron chi connectivity index (χ1n) is 6.99. The number of nitrogens with zero attached hydrogens (tertiary/aromatic N) is 1. The van der Waals surface area contributed by atoms with E-state index < -0.39 is 15.9 Å². The third-order valence-corrected chi connectivity index (χ3v) is 4.86. The van der Waals surface area contributed by atoms with Gasteiger partial charge in [-0.25, -0.2) is 8.42 Å². The number of ether oxygens (including phenoxy) is 2. The number of hydrogen-bond acceptors (Lipinski definition) is 5. The van der Waals surface area contributed by atoms with E-state index >= 15 is 0 Å². The molecule has 0 saturated heterocycles. The molecule has 1 aliphatic rings. The molecule has 0 fully saturated rings. The van der Waals surface area contributed by atoms with Crippen molar-refractivity contribution in [1.29, 1.82) is 0 Å². The molecule has 1 aromatic carbocycles. The van der Waals surface area contributed by atoms with Crippen LogP contribution in [0.1, 0.15) is 13.8 Å². The molecule has 122 valence electrons. The fourth-order valence-electron chi connectivity index (χ4n) is 2.16. The quantitative estimate of drug-likeness (QED) is 0.824. The van der Waals surface area contributed by atoms with E-state index in [0.717, 1.165) is 4.31 Å². The van der Waals surface area contributed by atoms with Crippen molar-refractivity contribution in [1.82, 2.24) is 4.31 Å². The van der Waals surface area contributed by atoms with E-state index in [1.54, 1.807) is 6.07 Å². The molecule has 22 heavy (non-hydrogen) atoms. The highest BCUT2D eigenvalue weighted by molar-refractivity contribution is 7.89. The fraction of sp³-hybridized carbons (Fsp3) is 0.500. The van der Waals surface area contributed by atoms with E-state index in [4.69, 9.17) is 15.2 Å². The Hall–Kier alpha value is -1.80. The molecule has 1 amide bonds. The van der Waals surface area contributed by atoms with Gasteiger partial charge in [0.1, 0.15) is 13.2 Å². The largest absolute Gasteiger partial charge is 0.486 e. The monoisotopic (exact) mass is 328 g/mol. The zero-order valence-electron chi connectivity index (χ0n) is 12.6. The third-order valence-electron chi connectivity index (χ3n) is 3.05. The van der Waals surface area contributed by atoms with Crippen LogP contribution >= 0.6 is 0 Å². The summed E-state index contributed by atoms with van der Waals surface area (Å²) in [6, 6.07) is 4.41. The van der Waals surface area contributed by atoms with E-state index in [1.165, 1.54) is 12.1 Å². The van der Waals surface area contributed by atoms with Crippen LogP contribution in [0.3, 0.4) is 0 Å². The van der Waals surface area contributed by atoms with E-state index in [9.17, 15) is 13.2 Å². The molecule has 1 aromatic rings. The molecule has 0 aromatic heterocycles. The van der Waals surface area contributed by atoms with Gasteiger partial charge in [0.15, 0.2) is 11.5 Å². The molecule has 2 N–H and O–H groups in total. The number of hydrogen-bond donors (Lipinski definition) is 1. The zero-order chi connectivity index (χ0) is 16.3. The van der Waals surface area contributed by atoms with Crippen molar-refractivity contribution in [3.63, 3.8) is 0 Å². The number of benzene rings is 1. The number of carbonyl (C=O) groups is 1. The maximum absolute atomic E-state index is 12.7. The summed E-state index contributed by atoms with van der Waals surface area (Å²) in [5.41, 5.74) is 5.16. The molecule has 1 aliphatic heterocycles. The van der Waals surface area contributed by atoms with Crippen LogP contribution in [0.4, 0.5) is 0 Å². The Morgan fingerprint density at radius 1 is 1.27 bits per heavy atom. The van der Waals surface area contributed by atoms with Crippen molar-refractivity contribution in [3.05, 3.63) is 18.2 Å². The van der Waals surface area contributed by atoms with Gasteiger partial charge >= 0.3 is 0 Å². The Labute approximate surface area is 130 Å². The van der Waals surface area contributed by atoms with Crippen LogP contribution in [-0.2, 0) is 14.8 Å². The second kappa shape index (κ2) is 6.53. The van der Waals surface area contributed by atoms with Gasteiger partial charge in [0.05, 0.1) is 11.4 Å². The standard InChI is InChI=1S/C14H20N2O5S/c1-10(2)8-16(9-14(15)17)22(18,19)11-3-4-12-13(7-11)21-6-5-20-12/h3-4,7,10H,5-6,8-9H2,1-2H3,(H2,15,17). The highest BCUT2D eigenvalue weighted by Gasteiger charge is 2.28. The SMILES string of the molecule is CC(C)CN(CC(N)=O)S(=O)(=O)c1ccc2c(c1)OCCO2. The smallest absolute Gasteiger partial charge is 0.243 e. The van der Waals surface area contributed by atoms with Crippen molar-refractivity contribution in [2.24, 2.45) is 11.7 Å². The average Bonchev–Trinajstić information content (AvgIpc) is 2.45. The molecule has 0 atom stereocenters. The number of amides is 1. The molecule has 7 nitrogen and oxygen atoms in total. The lowest BCUT2D eigenvalue weighted by Crippen LogP contribution is -2.40. The normalized spacial score (nSPS) is 14.4. The van der Waals surface area contributed by atoms with Crippen molar-refractivity contribution in [2.75, 3.05) is 26.3 Å². The number of sulfonamides is 1. The van der Waals surface area contributed by atoms with Gasteiger partial charge in [-0.1, -0.05) is 13.8 Å². The summed E-state index contributed by atoms with van der Waals surface area (Å²) in [5.74, 6) is 0.263. The molecule has 0 aliphatic carbocycles. The summed E-state index contributed by atoms with van der Waals surface area (Å²) < 4.78 is 37.3. The molecule has 8 heteroatoms. The number of carbonyl (C=O) groups excluding carboxylic acids is 1. The van der Waals surface area contributed by atoms with Gasteiger partial charge in [-0.3, -0.25) is 4.79 Å². The van der Waals surface area contributed by atoms with Crippen molar-refractivity contribution in [3.8, 4) is 11.5 Å². The molecule has 0 spiro atoms. The first-order valence-corrected chi connectivity index (χ1v) is 8.43. The lowest BCUT2D eigenvalue weighted by atomic mass is 10.2. The van der Waals surface area contributed by atoms with Gasteiger partial charge < -0.3 is 15.2 Å². The lowest BCUT2D eigenvalue weighted by molar-refractivity contribution is -0.118. The first kappa shape index (κ1) is 16.6. The summed E-state index contributed by atoms with van der Waals surface area (Å²) >= 11 is 0. The second-order valence-electron chi connectivity index (χ2n) is 5.46. The molecule has 0 radical (unpaired) electrons. The summed E-state index contributed by atoms with van der Waals surface area (Å²) in [5, 5.41) is 0. The molecule has 2 rings (SSSR count). The van der Waals surface area contributed by atoms with Crippen molar-refractivity contribution in [2.45, 2.75) is 18.7 Å². The van der Waals surface area contributed by atoms with Crippen LogP contribution in [0.15, 0.2) is 23.1 Å². The highest BCUT2D eigenvalue weighted by Crippen LogP contribution is 2.33. The van der Waals surface area contributed by atoms with Crippen LogP contribution in [-0.4, -0.2) is 44.9 Å². The van der Waals surface area contributed by atoms with Crippen LogP contribution in [0.2, 0.25) is 0 Å². The second-order valence-corrected chi connectivity index (χ2v) is 7.40. The van der Waals surface area contributed by atoms with Crippen LogP contribution in [0, 0.1) is 5.92 Å². The van der Waals surface area contributed by atoms with Gasteiger partial charge in [-0.05, 0) is 18.1 Å².